The molecule has 2 saturated carbocycles. The van der Waals surface area contributed by atoms with E-state index in [0.717, 1.165) is 39.1 Å². The van der Waals surface area contributed by atoms with Gasteiger partial charge in [0.1, 0.15) is 11.7 Å². The van der Waals surface area contributed by atoms with Crippen LogP contribution in [0.5, 0.6) is 0 Å². The van der Waals surface area contributed by atoms with Crippen LogP contribution < -0.4 is 4.90 Å². The van der Waals surface area contributed by atoms with Gasteiger partial charge in [-0.3, -0.25) is 9.69 Å². The van der Waals surface area contributed by atoms with Gasteiger partial charge in [-0.05, 0) is 37.3 Å². The first-order chi connectivity index (χ1) is 14.5. The molecule has 7 unspecified atom stereocenters. The van der Waals surface area contributed by atoms with Crippen LogP contribution in [-0.2, 0) is 14.3 Å². The minimum atomic E-state index is -0.0265. The Balaban J connectivity index is 1.15. The fourth-order valence-corrected chi connectivity index (χ4v) is 7.55. The Morgan fingerprint density at radius 1 is 1.13 bits per heavy atom. The van der Waals surface area contributed by atoms with Crippen LogP contribution >= 0.6 is 0 Å². The number of carbonyl (C=O) groups excluding carboxylic acids is 1. The largest absolute Gasteiger partial charge is 0.462 e. The SMILES string of the molecule is CC1CCCC2(C)CC3OC(=O)C(CN4CCN(c5ccccc5)CC4)C3C3OC132. The predicted octanol–water partition coefficient (Wildman–Crippen LogP) is 3.33. The van der Waals surface area contributed by atoms with Crippen LogP contribution in [0, 0.1) is 23.2 Å². The van der Waals surface area contributed by atoms with E-state index in [2.05, 4.69) is 54.0 Å². The average molecular weight is 411 g/mol. The molecule has 0 N–H and O–H groups in total. The number of epoxide rings is 1. The van der Waals surface area contributed by atoms with Gasteiger partial charge in [0.15, 0.2) is 0 Å². The fourth-order valence-electron chi connectivity index (χ4n) is 7.55. The molecule has 1 aromatic carbocycles. The summed E-state index contributed by atoms with van der Waals surface area (Å²) in [6.07, 6.45) is 5.01. The zero-order valence-electron chi connectivity index (χ0n) is 18.3. The second-order valence-corrected chi connectivity index (χ2v) is 10.7. The summed E-state index contributed by atoms with van der Waals surface area (Å²) < 4.78 is 12.6. The number of piperazine rings is 1. The molecule has 6 rings (SSSR count). The summed E-state index contributed by atoms with van der Waals surface area (Å²) in [4.78, 5) is 17.9. The molecule has 30 heavy (non-hydrogen) atoms. The fraction of sp³-hybridized carbons (Fsp3) is 0.720. The molecule has 5 heteroatoms. The number of hydrogen-bond acceptors (Lipinski definition) is 5. The third kappa shape index (κ3) is 2.64. The van der Waals surface area contributed by atoms with Crippen LogP contribution in [-0.4, -0.2) is 61.4 Å². The highest BCUT2D eigenvalue weighted by atomic mass is 16.6. The van der Waals surface area contributed by atoms with Crippen molar-refractivity contribution in [3.63, 3.8) is 0 Å². The van der Waals surface area contributed by atoms with Crippen molar-refractivity contribution in [1.29, 1.82) is 0 Å². The van der Waals surface area contributed by atoms with Crippen LogP contribution in [0.4, 0.5) is 5.69 Å². The molecule has 3 saturated heterocycles. The molecule has 0 amide bonds. The van der Waals surface area contributed by atoms with Crippen LogP contribution in [0.3, 0.4) is 0 Å². The minimum Gasteiger partial charge on any atom is -0.462 e. The van der Waals surface area contributed by atoms with Gasteiger partial charge in [0.2, 0.25) is 0 Å². The van der Waals surface area contributed by atoms with E-state index in [-0.39, 0.29) is 41.0 Å². The summed E-state index contributed by atoms with van der Waals surface area (Å²) in [7, 11) is 0. The number of para-hydroxylation sites is 1. The normalized spacial score (nSPS) is 45.3. The van der Waals surface area contributed by atoms with Gasteiger partial charge in [0.25, 0.3) is 0 Å². The first-order valence-corrected chi connectivity index (χ1v) is 11.9. The molecule has 7 atom stereocenters. The summed E-state index contributed by atoms with van der Waals surface area (Å²) in [5.41, 5.74) is 1.47. The predicted molar refractivity (Wildman–Crippen MR) is 115 cm³/mol. The van der Waals surface area contributed by atoms with E-state index >= 15 is 0 Å². The molecule has 3 heterocycles. The molecule has 0 aromatic heterocycles. The third-order valence-corrected chi connectivity index (χ3v) is 9.14. The number of esters is 1. The maximum absolute atomic E-state index is 12.9. The number of hydrogen-bond donors (Lipinski definition) is 0. The van der Waals surface area contributed by atoms with Crippen LogP contribution in [0.15, 0.2) is 30.3 Å². The zero-order chi connectivity index (χ0) is 20.5. The van der Waals surface area contributed by atoms with Crippen molar-refractivity contribution < 1.29 is 14.3 Å². The summed E-state index contributed by atoms with van der Waals surface area (Å²) in [5.74, 6) is 0.837. The average Bonchev–Trinajstić information content (AvgIpc) is 3.44. The quantitative estimate of drug-likeness (QED) is 0.565. The Morgan fingerprint density at radius 2 is 1.90 bits per heavy atom. The molecule has 5 nitrogen and oxygen atoms in total. The smallest absolute Gasteiger partial charge is 0.311 e. The molecule has 162 valence electrons. The molecular formula is C25H34N2O3. The third-order valence-electron chi connectivity index (χ3n) is 9.14. The van der Waals surface area contributed by atoms with Gasteiger partial charge in [0.05, 0.1) is 12.0 Å². The summed E-state index contributed by atoms with van der Waals surface area (Å²) in [6, 6.07) is 10.6. The first kappa shape index (κ1) is 19.1. The molecule has 5 aliphatic rings. The number of rotatable bonds is 3. The van der Waals surface area contributed by atoms with Crippen molar-refractivity contribution in [2.24, 2.45) is 23.2 Å². The highest BCUT2D eigenvalue weighted by molar-refractivity contribution is 5.76. The van der Waals surface area contributed by atoms with Crippen molar-refractivity contribution in [3.8, 4) is 0 Å². The van der Waals surface area contributed by atoms with E-state index in [0.29, 0.717) is 5.92 Å². The number of benzene rings is 1. The highest BCUT2D eigenvalue weighted by Crippen LogP contribution is 2.70. The van der Waals surface area contributed by atoms with Crippen LogP contribution in [0.2, 0.25) is 0 Å². The Kier molecular flexibility index (Phi) is 4.27. The van der Waals surface area contributed by atoms with E-state index in [4.69, 9.17) is 9.47 Å². The standard InChI is InChI=1S/C25H34N2O3/c1-17-7-6-10-24(2)15-20-21(22-25(17,24)30-22)19(23(28)29-20)16-26-11-13-27(14-12-26)18-8-4-3-5-9-18/h3-5,8-9,17,19-22H,6-7,10-16H2,1-2H3. The Bertz CT molecular complexity index is 823. The molecule has 0 bridgehead atoms. The van der Waals surface area contributed by atoms with E-state index in [1.807, 2.05) is 0 Å². The molecular weight excluding hydrogens is 376 g/mol. The highest BCUT2D eigenvalue weighted by Gasteiger charge is 2.78. The van der Waals surface area contributed by atoms with Gasteiger partial charge in [-0.25, -0.2) is 0 Å². The number of nitrogens with zero attached hydrogens (tertiary/aromatic N) is 2. The number of anilines is 1. The van der Waals surface area contributed by atoms with Gasteiger partial charge >= 0.3 is 5.97 Å². The molecule has 3 aliphatic heterocycles. The van der Waals surface area contributed by atoms with Crippen molar-refractivity contribution in [3.05, 3.63) is 30.3 Å². The van der Waals surface area contributed by atoms with Gasteiger partial charge < -0.3 is 14.4 Å². The van der Waals surface area contributed by atoms with Crippen molar-refractivity contribution in [2.75, 3.05) is 37.6 Å². The monoisotopic (exact) mass is 410 g/mol. The number of fused-ring (bicyclic) bond motifs is 2. The second-order valence-electron chi connectivity index (χ2n) is 10.7. The molecule has 1 spiro atoms. The maximum Gasteiger partial charge on any atom is 0.311 e. The van der Waals surface area contributed by atoms with Crippen molar-refractivity contribution in [1.82, 2.24) is 4.90 Å². The van der Waals surface area contributed by atoms with Gasteiger partial charge in [0, 0.05) is 49.7 Å². The Labute approximate surface area is 179 Å². The van der Waals surface area contributed by atoms with Gasteiger partial charge in [-0.1, -0.05) is 38.5 Å². The zero-order valence-corrected chi connectivity index (χ0v) is 18.3. The summed E-state index contributed by atoms with van der Waals surface area (Å²) in [5, 5.41) is 0. The van der Waals surface area contributed by atoms with Crippen LogP contribution in [0.1, 0.15) is 39.5 Å². The maximum atomic E-state index is 12.9. The topological polar surface area (TPSA) is 45.3 Å². The Morgan fingerprint density at radius 3 is 2.67 bits per heavy atom. The number of ether oxygens (including phenoxy) is 2. The lowest BCUT2D eigenvalue weighted by molar-refractivity contribution is -0.146. The van der Waals surface area contributed by atoms with E-state index < -0.39 is 0 Å². The lowest BCUT2D eigenvalue weighted by Crippen LogP contribution is -2.55. The minimum absolute atomic E-state index is 0.00462. The molecule has 2 aliphatic carbocycles. The van der Waals surface area contributed by atoms with Crippen molar-refractivity contribution in [2.45, 2.75) is 57.3 Å². The lowest BCUT2D eigenvalue weighted by Gasteiger charge is -2.49. The lowest BCUT2D eigenvalue weighted by atomic mass is 9.53. The van der Waals surface area contributed by atoms with Crippen molar-refractivity contribution >= 4 is 11.7 Å². The number of carbonyl (C=O) groups is 1. The second kappa shape index (κ2) is 6.70. The summed E-state index contributed by atoms with van der Waals surface area (Å²) in [6.45, 7) is 9.61. The molecule has 0 radical (unpaired) electrons. The Hall–Kier alpha value is -1.59. The van der Waals surface area contributed by atoms with E-state index in [9.17, 15) is 4.79 Å². The van der Waals surface area contributed by atoms with Gasteiger partial charge in [-0.15, -0.1) is 0 Å². The first-order valence-electron chi connectivity index (χ1n) is 11.9. The molecule has 5 fully saturated rings. The van der Waals surface area contributed by atoms with Crippen LogP contribution in [0.25, 0.3) is 0 Å². The van der Waals surface area contributed by atoms with Gasteiger partial charge in [-0.2, -0.15) is 0 Å². The molecule has 1 aromatic rings. The summed E-state index contributed by atoms with van der Waals surface area (Å²) >= 11 is 0. The van der Waals surface area contributed by atoms with E-state index in [1.165, 1.54) is 24.9 Å². The van der Waals surface area contributed by atoms with E-state index in [1.54, 1.807) is 0 Å².